The van der Waals surface area contributed by atoms with Gasteiger partial charge >= 0.3 is 0 Å². The van der Waals surface area contributed by atoms with Gasteiger partial charge in [0.25, 0.3) is 0 Å². The highest BCUT2D eigenvalue weighted by Crippen LogP contribution is 2.12. The van der Waals surface area contributed by atoms with E-state index in [4.69, 9.17) is 5.26 Å². The molecule has 0 saturated carbocycles. The molecular weight excluding hydrogens is 188 g/mol. The number of nitrogens with zero attached hydrogens (tertiary/aromatic N) is 3. The molecule has 0 saturated heterocycles. The van der Waals surface area contributed by atoms with E-state index in [1.54, 1.807) is 6.07 Å². The molecule has 0 spiro atoms. The second-order valence-corrected chi connectivity index (χ2v) is 3.47. The Hall–Kier alpha value is -1.63. The highest BCUT2D eigenvalue weighted by Gasteiger charge is 2.06. The highest BCUT2D eigenvalue weighted by molar-refractivity contribution is 5.50. The first-order valence-corrected chi connectivity index (χ1v) is 5.27. The molecule has 1 aromatic rings. The summed E-state index contributed by atoms with van der Waals surface area (Å²) in [6, 6.07) is 3.76. The van der Waals surface area contributed by atoms with Crippen LogP contribution in [0, 0.1) is 17.2 Å². The third-order valence-electron chi connectivity index (χ3n) is 2.55. The van der Waals surface area contributed by atoms with Crippen molar-refractivity contribution in [1.29, 1.82) is 5.26 Å². The molecule has 1 rings (SSSR count). The lowest BCUT2D eigenvalue weighted by atomic mass is 10.0. The second-order valence-electron chi connectivity index (χ2n) is 3.47. The molecule has 1 N–H and O–H groups in total. The molecule has 0 radical (unpaired) electrons. The number of hydrogen-bond donors (Lipinski definition) is 1. The van der Waals surface area contributed by atoms with Crippen LogP contribution in [0.15, 0.2) is 12.3 Å². The SMILES string of the molecule is CCC(CC)CNc1nnccc1C#N. The summed E-state index contributed by atoms with van der Waals surface area (Å²) in [5.41, 5.74) is 0.552. The van der Waals surface area contributed by atoms with Crippen LogP contribution in [0.2, 0.25) is 0 Å². The van der Waals surface area contributed by atoms with Gasteiger partial charge in [-0.3, -0.25) is 0 Å². The van der Waals surface area contributed by atoms with E-state index in [1.807, 2.05) is 0 Å². The van der Waals surface area contributed by atoms with Crippen molar-refractivity contribution in [1.82, 2.24) is 10.2 Å². The molecule has 0 aromatic carbocycles. The van der Waals surface area contributed by atoms with Crippen molar-refractivity contribution < 1.29 is 0 Å². The van der Waals surface area contributed by atoms with Crippen molar-refractivity contribution >= 4 is 5.82 Å². The third-order valence-corrected chi connectivity index (χ3v) is 2.55. The van der Waals surface area contributed by atoms with Gasteiger partial charge in [0.05, 0.1) is 11.8 Å². The fourth-order valence-electron chi connectivity index (χ4n) is 1.37. The van der Waals surface area contributed by atoms with E-state index in [-0.39, 0.29) is 0 Å². The highest BCUT2D eigenvalue weighted by atomic mass is 15.2. The number of rotatable bonds is 5. The summed E-state index contributed by atoms with van der Waals surface area (Å²) < 4.78 is 0. The second kappa shape index (κ2) is 5.97. The molecule has 0 bridgehead atoms. The molecule has 0 aliphatic rings. The van der Waals surface area contributed by atoms with Crippen molar-refractivity contribution in [3.63, 3.8) is 0 Å². The lowest BCUT2D eigenvalue weighted by Gasteiger charge is -2.13. The molecule has 15 heavy (non-hydrogen) atoms. The van der Waals surface area contributed by atoms with Gasteiger partial charge in [-0.1, -0.05) is 26.7 Å². The maximum Gasteiger partial charge on any atom is 0.166 e. The van der Waals surface area contributed by atoms with Crippen LogP contribution < -0.4 is 5.32 Å². The van der Waals surface area contributed by atoms with E-state index in [0.717, 1.165) is 19.4 Å². The zero-order valence-corrected chi connectivity index (χ0v) is 9.20. The van der Waals surface area contributed by atoms with Crippen LogP contribution >= 0.6 is 0 Å². The minimum absolute atomic E-state index is 0.552. The quantitative estimate of drug-likeness (QED) is 0.798. The molecule has 0 aliphatic heterocycles. The van der Waals surface area contributed by atoms with Crippen LogP contribution in [-0.2, 0) is 0 Å². The molecule has 4 heteroatoms. The Morgan fingerprint density at radius 3 is 2.80 bits per heavy atom. The van der Waals surface area contributed by atoms with Crippen LogP contribution in [0.1, 0.15) is 32.3 Å². The lowest BCUT2D eigenvalue weighted by Crippen LogP contribution is -2.14. The van der Waals surface area contributed by atoms with E-state index in [1.165, 1.54) is 6.20 Å². The number of nitriles is 1. The first-order chi connectivity index (χ1) is 7.31. The Labute approximate surface area is 90.3 Å². The summed E-state index contributed by atoms with van der Waals surface area (Å²) >= 11 is 0. The first kappa shape index (κ1) is 11.4. The van der Waals surface area contributed by atoms with Gasteiger partial charge in [0.2, 0.25) is 0 Å². The topological polar surface area (TPSA) is 61.6 Å². The largest absolute Gasteiger partial charge is 0.367 e. The smallest absolute Gasteiger partial charge is 0.166 e. The Kier molecular flexibility index (Phi) is 4.55. The lowest BCUT2D eigenvalue weighted by molar-refractivity contribution is 0.518. The number of aromatic nitrogens is 2. The zero-order valence-electron chi connectivity index (χ0n) is 9.20. The maximum atomic E-state index is 8.84. The average molecular weight is 204 g/mol. The molecule has 0 atom stereocenters. The average Bonchev–Trinajstić information content (AvgIpc) is 2.31. The van der Waals surface area contributed by atoms with Crippen LogP contribution in [0.25, 0.3) is 0 Å². The van der Waals surface area contributed by atoms with E-state index in [0.29, 0.717) is 17.3 Å². The number of hydrogen-bond acceptors (Lipinski definition) is 4. The Bertz CT molecular complexity index is 339. The summed E-state index contributed by atoms with van der Waals surface area (Å²) in [7, 11) is 0. The summed E-state index contributed by atoms with van der Waals surface area (Å²) in [5, 5.41) is 19.7. The standard InChI is InChI=1S/C11H16N4/c1-3-9(4-2)8-13-11-10(7-12)5-6-14-15-11/h5-6,9H,3-4,8H2,1-2H3,(H,13,15). The maximum absolute atomic E-state index is 8.84. The van der Waals surface area contributed by atoms with E-state index in [9.17, 15) is 0 Å². The fraction of sp³-hybridized carbons (Fsp3) is 0.545. The van der Waals surface area contributed by atoms with Gasteiger partial charge in [0.15, 0.2) is 5.82 Å². The Morgan fingerprint density at radius 1 is 1.47 bits per heavy atom. The molecule has 0 amide bonds. The van der Waals surface area contributed by atoms with Crippen molar-refractivity contribution in [2.45, 2.75) is 26.7 Å². The predicted octanol–water partition coefficient (Wildman–Crippen LogP) is 2.20. The summed E-state index contributed by atoms with van der Waals surface area (Å²) in [6.07, 6.45) is 3.79. The van der Waals surface area contributed by atoms with Gasteiger partial charge in [0.1, 0.15) is 6.07 Å². The van der Waals surface area contributed by atoms with Gasteiger partial charge < -0.3 is 5.32 Å². The molecule has 1 heterocycles. The van der Waals surface area contributed by atoms with Crippen molar-refractivity contribution in [2.24, 2.45) is 5.92 Å². The molecule has 0 fully saturated rings. The van der Waals surface area contributed by atoms with Gasteiger partial charge in [-0.05, 0) is 12.0 Å². The van der Waals surface area contributed by atoms with Gasteiger partial charge in [-0.25, -0.2) is 0 Å². The summed E-state index contributed by atoms with van der Waals surface area (Å²) in [4.78, 5) is 0. The summed E-state index contributed by atoms with van der Waals surface area (Å²) in [5.74, 6) is 1.21. The Balaban J connectivity index is 2.61. The van der Waals surface area contributed by atoms with Crippen molar-refractivity contribution in [3.8, 4) is 6.07 Å². The molecule has 1 aromatic heterocycles. The predicted molar refractivity (Wildman–Crippen MR) is 59.3 cm³/mol. The van der Waals surface area contributed by atoms with Gasteiger partial charge in [-0.2, -0.15) is 10.4 Å². The van der Waals surface area contributed by atoms with Crippen LogP contribution in [0.4, 0.5) is 5.82 Å². The Morgan fingerprint density at radius 2 is 2.20 bits per heavy atom. The number of anilines is 1. The zero-order chi connectivity index (χ0) is 11.1. The molecule has 4 nitrogen and oxygen atoms in total. The number of nitrogens with one attached hydrogen (secondary N) is 1. The summed E-state index contributed by atoms with van der Waals surface area (Å²) in [6.45, 7) is 5.18. The molecular formula is C11H16N4. The first-order valence-electron chi connectivity index (χ1n) is 5.27. The van der Waals surface area contributed by atoms with Crippen molar-refractivity contribution in [2.75, 3.05) is 11.9 Å². The minimum Gasteiger partial charge on any atom is -0.367 e. The van der Waals surface area contributed by atoms with Crippen LogP contribution in [-0.4, -0.2) is 16.7 Å². The minimum atomic E-state index is 0.552. The van der Waals surface area contributed by atoms with Crippen molar-refractivity contribution in [3.05, 3.63) is 17.8 Å². The van der Waals surface area contributed by atoms with E-state index >= 15 is 0 Å². The van der Waals surface area contributed by atoms with Gasteiger partial charge in [0, 0.05) is 6.54 Å². The van der Waals surface area contributed by atoms with E-state index in [2.05, 4.69) is 35.4 Å². The molecule has 80 valence electrons. The molecule has 0 unspecified atom stereocenters. The van der Waals surface area contributed by atoms with Crippen LogP contribution in [0.5, 0.6) is 0 Å². The monoisotopic (exact) mass is 204 g/mol. The normalized spacial score (nSPS) is 10.0. The van der Waals surface area contributed by atoms with Gasteiger partial charge in [-0.15, -0.1) is 5.10 Å². The third kappa shape index (κ3) is 3.21. The molecule has 0 aliphatic carbocycles. The van der Waals surface area contributed by atoms with Crippen LogP contribution in [0.3, 0.4) is 0 Å². The van der Waals surface area contributed by atoms with E-state index < -0.39 is 0 Å². The fourth-order valence-corrected chi connectivity index (χ4v) is 1.37.